The molecule has 1 aliphatic heterocycles. The summed E-state index contributed by atoms with van der Waals surface area (Å²) in [5, 5.41) is 3.27. The quantitative estimate of drug-likeness (QED) is 0.918. The van der Waals surface area contributed by atoms with Gasteiger partial charge in [-0.15, -0.1) is 0 Å². The molecule has 0 aliphatic carbocycles. The maximum absolute atomic E-state index is 13.5. The molecular weight excluding hydrogens is 293 g/mol. The molecule has 2 aromatic carbocycles. The van der Waals surface area contributed by atoms with E-state index in [1.165, 1.54) is 6.07 Å². The molecule has 1 heterocycles. The van der Waals surface area contributed by atoms with Gasteiger partial charge in [0, 0.05) is 17.1 Å². The van der Waals surface area contributed by atoms with Crippen molar-refractivity contribution in [1.29, 1.82) is 0 Å². The van der Waals surface area contributed by atoms with Gasteiger partial charge in [-0.1, -0.05) is 17.7 Å². The van der Waals surface area contributed by atoms with Gasteiger partial charge in [0.1, 0.15) is 11.6 Å². The van der Waals surface area contributed by atoms with Gasteiger partial charge < -0.3 is 10.1 Å². The van der Waals surface area contributed by atoms with Gasteiger partial charge in [-0.2, -0.15) is 0 Å². The van der Waals surface area contributed by atoms with E-state index in [1.54, 1.807) is 37.3 Å². The van der Waals surface area contributed by atoms with Crippen LogP contribution in [0.1, 0.15) is 11.1 Å². The smallest absolute Gasteiger partial charge is 0.265 e. The highest BCUT2D eigenvalue weighted by atomic mass is 35.5. The number of nitrogens with one attached hydrogen (secondary N) is 1. The fourth-order valence-electron chi connectivity index (χ4n) is 2.26. The number of hydrogen-bond acceptors (Lipinski definition) is 2. The van der Waals surface area contributed by atoms with Gasteiger partial charge in [-0.3, -0.25) is 4.79 Å². The minimum Gasteiger partial charge on any atom is -0.480 e. The van der Waals surface area contributed by atoms with E-state index in [0.29, 0.717) is 28.4 Å². The SMILES string of the molecule is Cc1ccc(NC(=O)C2Cc3cc(Cl)ccc3O2)cc1F. The van der Waals surface area contributed by atoms with Crippen LogP contribution in [0.4, 0.5) is 10.1 Å². The van der Waals surface area contributed by atoms with Crippen LogP contribution in [-0.2, 0) is 11.2 Å². The number of aryl methyl sites for hydroxylation is 1. The van der Waals surface area contributed by atoms with E-state index in [-0.39, 0.29) is 11.7 Å². The minimum atomic E-state index is -0.622. The summed E-state index contributed by atoms with van der Waals surface area (Å²) >= 11 is 5.91. The van der Waals surface area contributed by atoms with Crippen LogP contribution in [0.5, 0.6) is 5.75 Å². The summed E-state index contributed by atoms with van der Waals surface area (Å²) in [4.78, 5) is 12.2. The lowest BCUT2D eigenvalue weighted by molar-refractivity contribution is -0.122. The molecule has 5 heteroatoms. The van der Waals surface area contributed by atoms with Crippen LogP contribution in [0.15, 0.2) is 36.4 Å². The van der Waals surface area contributed by atoms with Gasteiger partial charge in [-0.05, 0) is 48.4 Å². The zero-order valence-corrected chi connectivity index (χ0v) is 12.1. The van der Waals surface area contributed by atoms with Gasteiger partial charge in [0.25, 0.3) is 5.91 Å². The number of halogens is 2. The Hall–Kier alpha value is -2.07. The lowest BCUT2D eigenvalue weighted by Crippen LogP contribution is -2.31. The van der Waals surface area contributed by atoms with E-state index in [1.807, 2.05) is 0 Å². The summed E-state index contributed by atoms with van der Waals surface area (Å²) in [6, 6.07) is 9.83. The summed E-state index contributed by atoms with van der Waals surface area (Å²) in [6.45, 7) is 1.67. The Morgan fingerprint density at radius 3 is 2.90 bits per heavy atom. The van der Waals surface area contributed by atoms with Crippen molar-refractivity contribution in [3.05, 3.63) is 58.4 Å². The predicted octanol–water partition coefficient (Wildman–Crippen LogP) is 3.73. The topological polar surface area (TPSA) is 38.3 Å². The molecule has 21 heavy (non-hydrogen) atoms. The zero-order chi connectivity index (χ0) is 15.0. The van der Waals surface area contributed by atoms with Crippen LogP contribution >= 0.6 is 11.6 Å². The van der Waals surface area contributed by atoms with Crippen molar-refractivity contribution in [3.8, 4) is 5.75 Å². The van der Waals surface area contributed by atoms with Crippen molar-refractivity contribution in [2.75, 3.05) is 5.32 Å². The Balaban J connectivity index is 1.71. The van der Waals surface area contributed by atoms with E-state index in [4.69, 9.17) is 16.3 Å². The summed E-state index contributed by atoms with van der Waals surface area (Å²) in [5.74, 6) is 0.00965. The van der Waals surface area contributed by atoms with Crippen LogP contribution < -0.4 is 10.1 Å². The molecule has 0 saturated carbocycles. The molecule has 0 fully saturated rings. The molecule has 1 atom stereocenters. The molecule has 0 spiro atoms. The largest absolute Gasteiger partial charge is 0.480 e. The average molecular weight is 306 g/mol. The predicted molar refractivity (Wildman–Crippen MR) is 79.3 cm³/mol. The Kier molecular flexibility index (Phi) is 3.55. The molecule has 3 nitrogen and oxygen atoms in total. The van der Waals surface area contributed by atoms with Crippen molar-refractivity contribution >= 4 is 23.2 Å². The van der Waals surface area contributed by atoms with Crippen molar-refractivity contribution in [3.63, 3.8) is 0 Å². The third-order valence-corrected chi connectivity index (χ3v) is 3.66. The number of hydrogen-bond donors (Lipinski definition) is 1. The molecule has 1 amide bonds. The molecule has 108 valence electrons. The van der Waals surface area contributed by atoms with Gasteiger partial charge in [-0.25, -0.2) is 4.39 Å². The summed E-state index contributed by atoms with van der Waals surface area (Å²) in [5.41, 5.74) is 1.85. The number of rotatable bonds is 2. The molecule has 0 aromatic heterocycles. The van der Waals surface area contributed by atoms with Gasteiger partial charge >= 0.3 is 0 Å². The second kappa shape index (κ2) is 5.37. The molecule has 1 unspecified atom stereocenters. The molecular formula is C16H13ClFNO2. The standard InChI is InChI=1S/C16H13ClFNO2/c1-9-2-4-12(8-13(9)18)19-16(20)15-7-10-6-11(17)3-5-14(10)21-15/h2-6,8,15H,7H2,1H3,(H,19,20). The third-order valence-electron chi connectivity index (χ3n) is 3.43. The van der Waals surface area contributed by atoms with Gasteiger partial charge in [0.05, 0.1) is 0 Å². The second-order valence-corrected chi connectivity index (χ2v) is 5.45. The van der Waals surface area contributed by atoms with Gasteiger partial charge in [0.2, 0.25) is 0 Å². The summed E-state index contributed by atoms with van der Waals surface area (Å²) in [7, 11) is 0. The highest BCUT2D eigenvalue weighted by molar-refractivity contribution is 6.30. The van der Waals surface area contributed by atoms with E-state index >= 15 is 0 Å². The van der Waals surface area contributed by atoms with Gasteiger partial charge in [0.15, 0.2) is 6.10 Å². The first-order valence-corrected chi connectivity index (χ1v) is 6.93. The molecule has 0 saturated heterocycles. The van der Waals surface area contributed by atoms with E-state index in [9.17, 15) is 9.18 Å². The molecule has 2 aromatic rings. The molecule has 3 rings (SSSR count). The first kappa shape index (κ1) is 13.9. The van der Waals surface area contributed by atoms with Crippen LogP contribution in [0, 0.1) is 12.7 Å². The first-order chi connectivity index (χ1) is 10.0. The Morgan fingerprint density at radius 1 is 1.33 bits per heavy atom. The number of amides is 1. The minimum absolute atomic E-state index is 0.300. The van der Waals surface area contributed by atoms with E-state index in [0.717, 1.165) is 5.56 Å². The Morgan fingerprint density at radius 2 is 2.14 bits per heavy atom. The normalized spacial score (nSPS) is 16.2. The fraction of sp³-hybridized carbons (Fsp3) is 0.188. The Labute approximate surface area is 126 Å². The maximum Gasteiger partial charge on any atom is 0.265 e. The monoisotopic (exact) mass is 305 g/mol. The number of anilines is 1. The van der Waals surface area contributed by atoms with Crippen LogP contribution in [-0.4, -0.2) is 12.0 Å². The fourth-order valence-corrected chi connectivity index (χ4v) is 2.45. The first-order valence-electron chi connectivity index (χ1n) is 6.55. The molecule has 1 aliphatic rings. The Bertz CT molecular complexity index is 717. The molecule has 0 radical (unpaired) electrons. The molecule has 0 bridgehead atoms. The number of benzene rings is 2. The number of ether oxygens (including phenoxy) is 1. The molecule has 1 N–H and O–H groups in total. The average Bonchev–Trinajstić information content (AvgIpc) is 2.86. The number of carbonyl (C=O) groups excluding carboxylic acids is 1. The summed E-state index contributed by atoms with van der Waals surface area (Å²) < 4.78 is 19.1. The lowest BCUT2D eigenvalue weighted by atomic mass is 10.1. The second-order valence-electron chi connectivity index (χ2n) is 5.02. The van der Waals surface area contributed by atoms with Crippen LogP contribution in [0.3, 0.4) is 0 Å². The lowest BCUT2D eigenvalue weighted by Gasteiger charge is -2.11. The zero-order valence-electron chi connectivity index (χ0n) is 11.3. The highest BCUT2D eigenvalue weighted by Crippen LogP contribution is 2.31. The van der Waals surface area contributed by atoms with Crippen LogP contribution in [0.25, 0.3) is 0 Å². The van der Waals surface area contributed by atoms with Crippen molar-refractivity contribution in [1.82, 2.24) is 0 Å². The van der Waals surface area contributed by atoms with Crippen molar-refractivity contribution in [2.45, 2.75) is 19.4 Å². The van der Waals surface area contributed by atoms with Crippen molar-refractivity contribution in [2.24, 2.45) is 0 Å². The summed E-state index contributed by atoms with van der Waals surface area (Å²) in [6.07, 6.45) is -0.168. The van der Waals surface area contributed by atoms with E-state index in [2.05, 4.69) is 5.32 Å². The third kappa shape index (κ3) is 2.85. The van der Waals surface area contributed by atoms with Crippen LogP contribution in [0.2, 0.25) is 5.02 Å². The number of fused-ring (bicyclic) bond motifs is 1. The number of carbonyl (C=O) groups is 1. The maximum atomic E-state index is 13.5. The van der Waals surface area contributed by atoms with Crippen molar-refractivity contribution < 1.29 is 13.9 Å². The van der Waals surface area contributed by atoms with E-state index < -0.39 is 6.10 Å². The highest BCUT2D eigenvalue weighted by Gasteiger charge is 2.29.